The Bertz CT molecular complexity index is 323. The van der Waals surface area contributed by atoms with Gasteiger partial charge in [0, 0.05) is 12.1 Å². The van der Waals surface area contributed by atoms with Gasteiger partial charge in [-0.2, -0.15) is 0 Å². The van der Waals surface area contributed by atoms with Crippen molar-refractivity contribution in [3.63, 3.8) is 0 Å². The van der Waals surface area contributed by atoms with E-state index < -0.39 is 0 Å². The zero-order valence-corrected chi connectivity index (χ0v) is 7.73. The molecule has 0 saturated heterocycles. The van der Waals surface area contributed by atoms with Crippen molar-refractivity contribution in [1.82, 2.24) is 5.32 Å². The van der Waals surface area contributed by atoms with Crippen LogP contribution in [-0.2, 0) is 0 Å². The molecule has 1 N–H and O–H groups in total. The lowest BCUT2D eigenvalue weighted by molar-refractivity contribution is 0.0955. The van der Waals surface area contributed by atoms with Crippen LogP contribution in [0.1, 0.15) is 22.8 Å². The van der Waals surface area contributed by atoms with Gasteiger partial charge >= 0.3 is 0 Å². The molecule has 1 aromatic rings. The highest BCUT2D eigenvalue weighted by Gasteiger charge is 2.05. The van der Waals surface area contributed by atoms with Gasteiger partial charge in [-0.3, -0.25) is 4.79 Å². The summed E-state index contributed by atoms with van der Waals surface area (Å²) in [6.07, 6.45) is 0. The van der Waals surface area contributed by atoms with Crippen LogP contribution in [0.15, 0.2) is 18.2 Å². The zero-order chi connectivity index (χ0) is 9.84. The number of rotatable bonds is 2. The van der Waals surface area contributed by atoms with Crippen molar-refractivity contribution >= 4 is 5.91 Å². The van der Waals surface area contributed by atoms with Crippen molar-refractivity contribution in [3.8, 4) is 0 Å². The zero-order valence-electron chi connectivity index (χ0n) is 7.73. The van der Waals surface area contributed by atoms with Crippen molar-refractivity contribution in [3.05, 3.63) is 35.1 Å². The molecule has 0 radical (unpaired) electrons. The van der Waals surface area contributed by atoms with Crippen LogP contribution in [0.5, 0.6) is 0 Å². The van der Waals surface area contributed by atoms with Gasteiger partial charge in [0.25, 0.3) is 5.91 Å². The molecule has 3 heteroatoms. The minimum absolute atomic E-state index is 0.161. The van der Waals surface area contributed by atoms with E-state index in [1.807, 2.05) is 6.92 Å². The SMILES string of the molecule is CCNC(=O)c1ccc(F)c(C)c1. The lowest BCUT2D eigenvalue weighted by Crippen LogP contribution is -2.22. The first-order chi connectivity index (χ1) is 6.15. The molecule has 0 aliphatic heterocycles. The first-order valence-electron chi connectivity index (χ1n) is 4.19. The van der Waals surface area contributed by atoms with Crippen molar-refractivity contribution < 1.29 is 9.18 Å². The van der Waals surface area contributed by atoms with E-state index in [0.29, 0.717) is 17.7 Å². The molecule has 1 aromatic carbocycles. The molecule has 2 nitrogen and oxygen atoms in total. The first-order valence-corrected chi connectivity index (χ1v) is 4.19. The molecule has 13 heavy (non-hydrogen) atoms. The number of carbonyl (C=O) groups excluding carboxylic acids is 1. The Morgan fingerprint density at radius 1 is 1.54 bits per heavy atom. The highest BCUT2D eigenvalue weighted by atomic mass is 19.1. The number of carbonyl (C=O) groups is 1. The van der Waals surface area contributed by atoms with Gasteiger partial charge in [0.15, 0.2) is 0 Å². The van der Waals surface area contributed by atoms with E-state index in [0.717, 1.165) is 0 Å². The highest BCUT2D eigenvalue weighted by molar-refractivity contribution is 5.94. The van der Waals surface area contributed by atoms with Gasteiger partial charge in [-0.05, 0) is 37.6 Å². The van der Waals surface area contributed by atoms with E-state index in [9.17, 15) is 9.18 Å². The molecule has 0 heterocycles. The van der Waals surface area contributed by atoms with Crippen LogP contribution < -0.4 is 5.32 Å². The monoisotopic (exact) mass is 181 g/mol. The average Bonchev–Trinajstić information content (AvgIpc) is 2.10. The molecular formula is C10H12FNO. The van der Waals surface area contributed by atoms with Crippen LogP contribution in [-0.4, -0.2) is 12.5 Å². The fourth-order valence-electron chi connectivity index (χ4n) is 1.05. The molecule has 0 aromatic heterocycles. The normalized spacial score (nSPS) is 9.77. The minimum Gasteiger partial charge on any atom is -0.352 e. The molecular weight excluding hydrogens is 169 g/mol. The average molecular weight is 181 g/mol. The van der Waals surface area contributed by atoms with E-state index in [1.54, 1.807) is 13.0 Å². The quantitative estimate of drug-likeness (QED) is 0.741. The number of hydrogen-bond acceptors (Lipinski definition) is 1. The van der Waals surface area contributed by atoms with Gasteiger partial charge in [0.2, 0.25) is 0 Å². The summed E-state index contributed by atoms with van der Waals surface area (Å²) in [5.74, 6) is -0.446. The minimum atomic E-state index is -0.284. The predicted molar refractivity (Wildman–Crippen MR) is 49.1 cm³/mol. The Morgan fingerprint density at radius 2 is 2.23 bits per heavy atom. The van der Waals surface area contributed by atoms with Crippen LogP contribution in [0.4, 0.5) is 4.39 Å². The van der Waals surface area contributed by atoms with Crippen molar-refractivity contribution in [2.45, 2.75) is 13.8 Å². The van der Waals surface area contributed by atoms with Crippen LogP contribution in [0.3, 0.4) is 0 Å². The standard InChI is InChI=1S/C10H12FNO/c1-3-12-10(13)8-4-5-9(11)7(2)6-8/h4-6H,3H2,1-2H3,(H,12,13). The second-order valence-electron chi connectivity index (χ2n) is 2.82. The molecule has 0 bridgehead atoms. The van der Waals surface area contributed by atoms with Crippen molar-refractivity contribution in [2.24, 2.45) is 0 Å². The summed E-state index contributed by atoms with van der Waals surface area (Å²) < 4.78 is 12.8. The van der Waals surface area contributed by atoms with Crippen LogP contribution >= 0.6 is 0 Å². The maximum atomic E-state index is 12.8. The van der Waals surface area contributed by atoms with Gasteiger partial charge in [-0.1, -0.05) is 0 Å². The number of aryl methyl sites for hydroxylation is 1. The fraction of sp³-hybridized carbons (Fsp3) is 0.300. The van der Waals surface area contributed by atoms with E-state index in [2.05, 4.69) is 5.32 Å². The second kappa shape index (κ2) is 4.03. The summed E-state index contributed by atoms with van der Waals surface area (Å²) in [5.41, 5.74) is 0.990. The van der Waals surface area contributed by atoms with Gasteiger partial charge in [0.1, 0.15) is 5.82 Å². The third kappa shape index (κ3) is 2.28. The molecule has 0 fully saturated rings. The Morgan fingerprint density at radius 3 is 2.77 bits per heavy atom. The molecule has 70 valence electrons. The van der Waals surface area contributed by atoms with Gasteiger partial charge in [-0.15, -0.1) is 0 Å². The maximum absolute atomic E-state index is 12.8. The van der Waals surface area contributed by atoms with E-state index >= 15 is 0 Å². The summed E-state index contributed by atoms with van der Waals surface area (Å²) in [4.78, 5) is 11.3. The summed E-state index contributed by atoms with van der Waals surface area (Å²) >= 11 is 0. The third-order valence-electron chi connectivity index (χ3n) is 1.76. The van der Waals surface area contributed by atoms with Gasteiger partial charge < -0.3 is 5.32 Å². The van der Waals surface area contributed by atoms with Crippen LogP contribution in [0.2, 0.25) is 0 Å². The lowest BCUT2D eigenvalue weighted by atomic mass is 10.1. The lowest BCUT2D eigenvalue weighted by Gasteiger charge is -2.03. The van der Waals surface area contributed by atoms with Crippen LogP contribution in [0, 0.1) is 12.7 Å². The van der Waals surface area contributed by atoms with Crippen LogP contribution in [0.25, 0.3) is 0 Å². The Balaban J connectivity index is 2.90. The smallest absolute Gasteiger partial charge is 0.251 e. The Kier molecular flexibility index (Phi) is 3.01. The maximum Gasteiger partial charge on any atom is 0.251 e. The number of hydrogen-bond donors (Lipinski definition) is 1. The largest absolute Gasteiger partial charge is 0.352 e. The number of halogens is 1. The highest BCUT2D eigenvalue weighted by Crippen LogP contribution is 2.08. The predicted octanol–water partition coefficient (Wildman–Crippen LogP) is 1.88. The summed E-state index contributed by atoms with van der Waals surface area (Å²) in [7, 11) is 0. The first kappa shape index (κ1) is 9.71. The number of nitrogens with one attached hydrogen (secondary N) is 1. The van der Waals surface area contributed by atoms with Gasteiger partial charge in [0.05, 0.1) is 0 Å². The topological polar surface area (TPSA) is 29.1 Å². The summed E-state index contributed by atoms with van der Waals surface area (Å²) in [5, 5.41) is 2.65. The van der Waals surface area contributed by atoms with E-state index in [-0.39, 0.29) is 11.7 Å². The van der Waals surface area contributed by atoms with E-state index in [4.69, 9.17) is 0 Å². The summed E-state index contributed by atoms with van der Waals surface area (Å²) in [6, 6.07) is 4.33. The van der Waals surface area contributed by atoms with E-state index in [1.165, 1.54) is 12.1 Å². The molecule has 1 amide bonds. The van der Waals surface area contributed by atoms with Crippen molar-refractivity contribution in [1.29, 1.82) is 0 Å². The second-order valence-corrected chi connectivity index (χ2v) is 2.82. The molecule has 0 aliphatic rings. The molecule has 0 atom stereocenters. The molecule has 0 aliphatic carbocycles. The molecule has 0 spiro atoms. The summed E-state index contributed by atoms with van der Waals surface area (Å²) in [6.45, 7) is 4.06. The Hall–Kier alpha value is -1.38. The molecule has 1 rings (SSSR count). The Labute approximate surface area is 76.8 Å². The van der Waals surface area contributed by atoms with Crippen molar-refractivity contribution in [2.75, 3.05) is 6.54 Å². The molecule has 0 saturated carbocycles. The third-order valence-corrected chi connectivity index (χ3v) is 1.76. The number of benzene rings is 1. The number of amides is 1. The fourth-order valence-corrected chi connectivity index (χ4v) is 1.05. The van der Waals surface area contributed by atoms with Gasteiger partial charge in [-0.25, -0.2) is 4.39 Å². The molecule has 0 unspecified atom stereocenters.